The van der Waals surface area contributed by atoms with Gasteiger partial charge in [0.2, 0.25) is 0 Å². The van der Waals surface area contributed by atoms with Crippen molar-refractivity contribution in [1.29, 1.82) is 0 Å². The summed E-state index contributed by atoms with van der Waals surface area (Å²) in [4.78, 5) is 10.2. The third-order valence-corrected chi connectivity index (χ3v) is 2.50. The first-order valence-corrected chi connectivity index (χ1v) is 4.48. The summed E-state index contributed by atoms with van der Waals surface area (Å²) in [6, 6.07) is 3.38. The van der Waals surface area contributed by atoms with Crippen LogP contribution in [0.1, 0.15) is 5.56 Å². The van der Waals surface area contributed by atoms with E-state index in [1.807, 2.05) is 13.0 Å². The predicted octanol–water partition coefficient (Wildman–Crippen LogP) is 2.71. The van der Waals surface area contributed by atoms with E-state index in [1.54, 1.807) is 7.05 Å². The van der Waals surface area contributed by atoms with Crippen molar-refractivity contribution < 1.29 is 4.92 Å². The third kappa shape index (κ3) is 1.98. The summed E-state index contributed by atoms with van der Waals surface area (Å²) in [7, 11) is 1.73. The summed E-state index contributed by atoms with van der Waals surface area (Å²) < 4.78 is 0.491. The lowest BCUT2D eigenvalue weighted by atomic mass is 10.2. The Hall–Kier alpha value is -1.10. The Kier molecular flexibility index (Phi) is 2.87. The maximum atomic E-state index is 10.6. The quantitative estimate of drug-likeness (QED) is 0.643. The van der Waals surface area contributed by atoms with Crippen molar-refractivity contribution in [2.24, 2.45) is 0 Å². The number of nitro groups is 1. The molecule has 1 aromatic rings. The molecule has 5 heteroatoms. The standard InChI is InChI=1S/C8H9BrN2O2/c1-5-3-6(10-2)8(9)7(4-5)11(12)13/h3-4,10H,1-2H3. The van der Waals surface area contributed by atoms with Crippen molar-refractivity contribution in [3.05, 3.63) is 32.3 Å². The molecule has 1 aromatic carbocycles. The summed E-state index contributed by atoms with van der Waals surface area (Å²) in [6.07, 6.45) is 0. The van der Waals surface area contributed by atoms with Crippen molar-refractivity contribution in [3.63, 3.8) is 0 Å². The van der Waals surface area contributed by atoms with Gasteiger partial charge in [-0.05, 0) is 34.5 Å². The van der Waals surface area contributed by atoms with E-state index in [9.17, 15) is 10.1 Å². The molecule has 0 aliphatic carbocycles. The van der Waals surface area contributed by atoms with Gasteiger partial charge in [-0.25, -0.2) is 0 Å². The number of benzene rings is 1. The second kappa shape index (κ2) is 3.74. The maximum Gasteiger partial charge on any atom is 0.285 e. The second-order valence-electron chi connectivity index (χ2n) is 2.65. The lowest BCUT2D eigenvalue weighted by Crippen LogP contribution is -1.96. The van der Waals surface area contributed by atoms with Crippen LogP contribution in [0.25, 0.3) is 0 Å². The Balaban J connectivity index is 3.35. The van der Waals surface area contributed by atoms with E-state index in [-0.39, 0.29) is 5.69 Å². The summed E-state index contributed by atoms with van der Waals surface area (Å²) >= 11 is 3.17. The topological polar surface area (TPSA) is 55.2 Å². The predicted molar refractivity (Wildman–Crippen MR) is 55.1 cm³/mol. The highest BCUT2D eigenvalue weighted by atomic mass is 79.9. The molecule has 0 amide bonds. The molecule has 0 aromatic heterocycles. The smallest absolute Gasteiger partial charge is 0.285 e. The van der Waals surface area contributed by atoms with Gasteiger partial charge in [-0.15, -0.1) is 0 Å². The Labute approximate surface area is 84.2 Å². The van der Waals surface area contributed by atoms with Gasteiger partial charge >= 0.3 is 0 Å². The average Bonchev–Trinajstić information content (AvgIpc) is 2.08. The third-order valence-electron chi connectivity index (χ3n) is 1.66. The molecule has 0 bridgehead atoms. The fourth-order valence-corrected chi connectivity index (χ4v) is 1.64. The van der Waals surface area contributed by atoms with Crippen molar-refractivity contribution in [3.8, 4) is 0 Å². The first kappa shape index (κ1) is 9.98. The number of nitrogens with one attached hydrogen (secondary N) is 1. The number of aryl methyl sites for hydroxylation is 1. The average molecular weight is 245 g/mol. The van der Waals surface area contributed by atoms with Gasteiger partial charge in [0.1, 0.15) is 4.47 Å². The second-order valence-corrected chi connectivity index (χ2v) is 3.45. The molecule has 0 unspecified atom stereocenters. The first-order chi connectivity index (χ1) is 6.06. The monoisotopic (exact) mass is 244 g/mol. The van der Waals surface area contributed by atoms with Crippen LogP contribution in [0.3, 0.4) is 0 Å². The van der Waals surface area contributed by atoms with Crippen LogP contribution < -0.4 is 5.32 Å². The highest BCUT2D eigenvalue weighted by Gasteiger charge is 2.15. The zero-order valence-corrected chi connectivity index (χ0v) is 8.88. The molecule has 0 aliphatic rings. The number of anilines is 1. The van der Waals surface area contributed by atoms with Crippen molar-refractivity contribution in [1.82, 2.24) is 0 Å². The summed E-state index contributed by atoms with van der Waals surface area (Å²) in [5, 5.41) is 13.5. The fourth-order valence-electron chi connectivity index (χ4n) is 1.06. The molecule has 13 heavy (non-hydrogen) atoms. The molecule has 70 valence electrons. The van der Waals surface area contributed by atoms with Gasteiger partial charge in [0.05, 0.1) is 10.6 Å². The minimum absolute atomic E-state index is 0.0874. The highest BCUT2D eigenvalue weighted by Crippen LogP contribution is 2.33. The van der Waals surface area contributed by atoms with E-state index in [4.69, 9.17) is 0 Å². The van der Waals surface area contributed by atoms with Crippen LogP contribution in [0, 0.1) is 17.0 Å². The molecule has 0 saturated heterocycles. The van der Waals surface area contributed by atoms with Crippen LogP contribution in [-0.4, -0.2) is 12.0 Å². The molecule has 1 rings (SSSR count). The zero-order valence-electron chi connectivity index (χ0n) is 7.30. The van der Waals surface area contributed by atoms with Gasteiger partial charge < -0.3 is 5.32 Å². The van der Waals surface area contributed by atoms with Crippen molar-refractivity contribution >= 4 is 27.3 Å². The lowest BCUT2D eigenvalue weighted by molar-refractivity contribution is -0.385. The number of nitro benzene ring substituents is 1. The summed E-state index contributed by atoms with van der Waals surface area (Å²) in [5.41, 5.74) is 1.68. The van der Waals surface area contributed by atoms with Crippen LogP contribution in [0.4, 0.5) is 11.4 Å². The molecule has 0 fully saturated rings. The van der Waals surface area contributed by atoms with Crippen molar-refractivity contribution in [2.75, 3.05) is 12.4 Å². The van der Waals surface area contributed by atoms with Crippen LogP contribution in [0.5, 0.6) is 0 Å². The SMILES string of the molecule is CNc1cc(C)cc([N+](=O)[O-])c1Br. The normalized spacial score (nSPS) is 9.77. The van der Waals surface area contributed by atoms with E-state index >= 15 is 0 Å². The largest absolute Gasteiger partial charge is 0.387 e. The highest BCUT2D eigenvalue weighted by molar-refractivity contribution is 9.10. The molecule has 1 N–H and O–H groups in total. The van der Waals surface area contributed by atoms with Crippen LogP contribution in [-0.2, 0) is 0 Å². The number of halogens is 1. The molecular weight excluding hydrogens is 236 g/mol. The van der Waals surface area contributed by atoms with Gasteiger partial charge in [-0.3, -0.25) is 10.1 Å². The minimum atomic E-state index is -0.405. The van der Waals surface area contributed by atoms with Crippen LogP contribution in [0.15, 0.2) is 16.6 Å². The Morgan fingerprint density at radius 2 is 2.15 bits per heavy atom. The molecule has 0 spiro atoms. The molecule has 0 aliphatic heterocycles. The van der Waals surface area contributed by atoms with E-state index in [0.717, 1.165) is 11.3 Å². The van der Waals surface area contributed by atoms with E-state index in [0.29, 0.717) is 4.47 Å². The zero-order chi connectivity index (χ0) is 10.0. The number of hydrogen-bond acceptors (Lipinski definition) is 3. The van der Waals surface area contributed by atoms with Crippen molar-refractivity contribution in [2.45, 2.75) is 6.92 Å². The van der Waals surface area contributed by atoms with Gasteiger partial charge in [-0.1, -0.05) is 0 Å². The fraction of sp³-hybridized carbons (Fsp3) is 0.250. The molecule has 4 nitrogen and oxygen atoms in total. The summed E-state index contributed by atoms with van der Waals surface area (Å²) in [6.45, 7) is 1.82. The molecular formula is C8H9BrN2O2. The van der Waals surface area contributed by atoms with E-state index in [1.165, 1.54) is 6.07 Å². The minimum Gasteiger partial charge on any atom is -0.387 e. The van der Waals surface area contributed by atoms with E-state index < -0.39 is 4.92 Å². The van der Waals surface area contributed by atoms with E-state index in [2.05, 4.69) is 21.2 Å². The molecule has 0 heterocycles. The van der Waals surface area contributed by atoms with Gasteiger partial charge in [0, 0.05) is 13.1 Å². The Morgan fingerprint density at radius 3 is 2.62 bits per heavy atom. The Bertz CT molecular complexity index is 352. The van der Waals surface area contributed by atoms with Gasteiger partial charge in [-0.2, -0.15) is 0 Å². The number of rotatable bonds is 2. The lowest BCUT2D eigenvalue weighted by Gasteiger charge is -2.05. The summed E-state index contributed by atoms with van der Waals surface area (Å²) in [5.74, 6) is 0. The number of hydrogen-bond donors (Lipinski definition) is 1. The maximum absolute atomic E-state index is 10.6. The molecule has 0 saturated carbocycles. The first-order valence-electron chi connectivity index (χ1n) is 3.68. The van der Waals surface area contributed by atoms with Crippen LogP contribution in [0.2, 0.25) is 0 Å². The number of nitrogens with zero attached hydrogens (tertiary/aromatic N) is 1. The molecule has 0 atom stereocenters. The molecule has 0 radical (unpaired) electrons. The van der Waals surface area contributed by atoms with Crippen LogP contribution >= 0.6 is 15.9 Å². The Morgan fingerprint density at radius 1 is 1.54 bits per heavy atom. The van der Waals surface area contributed by atoms with Gasteiger partial charge in [0.25, 0.3) is 5.69 Å². The van der Waals surface area contributed by atoms with Gasteiger partial charge in [0.15, 0.2) is 0 Å².